The summed E-state index contributed by atoms with van der Waals surface area (Å²) >= 11 is 0. The van der Waals surface area contributed by atoms with E-state index in [-0.39, 0.29) is 18.4 Å². The smallest absolute Gasteiger partial charge is 0.233 e. The van der Waals surface area contributed by atoms with Crippen LogP contribution in [0.1, 0.15) is 25.1 Å². The minimum Gasteiger partial charge on any atom is -0.497 e. The molecule has 1 aromatic heterocycles. The Morgan fingerprint density at radius 2 is 2.04 bits per heavy atom. The molecule has 0 bridgehead atoms. The van der Waals surface area contributed by atoms with Crippen molar-refractivity contribution in [2.45, 2.75) is 19.4 Å². The Hall–Kier alpha value is -3.03. The number of carbonyl (C=O) groups excluding carboxylic acids is 2. The van der Waals surface area contributed by atoms with E-state index in [9.17, 15) is 9.59 Å². The standard InChI is InChI=1S/C17H21N3O5/c1-11(13-7-8-25-19-13)20(2)17(22)10-16(21)18-14-9-12(23-3)5-6-15(14)24-4/h5-9,11H,10H2,1-4H3,(H,18,21)/t11-/m0/s1. The molecule has 0 spiro atoms. The number of anilines is 1. The molecule has 134 valence electrons. The van der Waals surface area contributed by atoms with Crippen LogP contribution in [0.15, 0.2) is 35.1 Å². The van der Waals surface area contributed by atoms with Crippen molar-refractivity contribution in [2.24, 2.45) is 0 Å². The lowest BCUT2D eigenvalue weighted by Crippen LogP contribution is -2.32. The second kappa shape index (κ2) is 8.18. The first-order valence-corrected chi connectivity index (χ1v) is 7.64. The maximum absolute atomic E-state index is 12.3. The molecule has 0 fully saturated rings. The molecule has 0 saturated carbocycles. The van der Waals surface area contributed by atoms with Crippen LogP contribution in [0.25, 0.3) is 0 Å². The van der Waals surface area contributed by atoms with Crippen molar-refractivity contribution in [1.82, 2.24) is 10.1 Å². The van der Waals surface area contributed by atoms with E-state index in [4.69, 9.17) is 14.0 Å². The van der Waals surface area contributed by atoms with Crippen molar-refractivity contribution in [2.75, 3.05) is 26.6 Å². The molecule has 0 aliphatic heterocycles. The third-order valence-electron chi connectivity index (χ3n) is 3.85. The van der Waals surface area contributed by atoms with Gasteiger partial charge in [-0.1, -0.05) is 5.16 Å². The van der Waals surface area contributed by atoms with Crippen LogP contribution >= 0.6 is 0 Å². The molecule has 8 heteroatoms. The Morgan fingerprint density at radius 1 is 1.28 bits per heavy atom. The van der Waals surface area contributed by atoms with Gasteiger partial charge in [0.25, 0.3) is 0 Å². The number of hydrogen-bond acceptors (Lipinski definition) is 6. The summed E-state index contributed by atoms with van der Waals surface area (Å²) in [6.07, 6.45) is 1.13. The molecule has 1 heterocycles. The second-order valence-corrected chi connectivity index (χ2v) is 5.40. The number of carbonyl (C=O) groups is 2. The highest BCUT2D eigenvalue weighted by Gasteiger charge is 2.22. The first-order valence-electron chi connectivity index (χ1n) is 7.64. The second-order valence-electron chi connectivity index (χ2n) is 5.40. The van der Waals surface area contributed by atoms with Crippen molar-refractivity contribution in [3.63, 3.8) is 0 Å². The lowest BCUT2D eigenvalue weighted by molar-refractivity contribution is -0.135. The third-order valence-corrected chi connectivity index (χ3v) is 3.85. The molecule has 8 nitrogen and oxygen atoms in total. The summed E-state index contributed by atoms with van der Waals surface area (Å²) in [7, 11) is 4.63. The zero-order valence-corrected chi connectivity index (χ0v) is 14.6. The number of nitrogens with zero attached hydrogens (tertiary/aromatic N) is 2. The first kappa shape index (κ1) is 18.3. The van der Waals surface area contributed by atoms with Crippen LogP contribution in [0, 0.1) is 0 Å². The molecule has 0 radical (unpaired) electrons. The Bertz CT molecular complexity index is 730. The maximum atomic E-state index is 12.3. The first-order chi connectivity index (χ1) is 12.0. The van der Waals surface area contributed by atoms with E-state index in [1.54, 1.807) is 38.2 Å². The summed E-state index contributed by atoms with van der Waals surface area (Å²) in [5.74, 6) is 0.260. The van der Waals surface area contributed by atoms with E-state index < -0.39 is 5.91 Å². The van der Waals surface area contributed by atoms with Crippen LogP contribution in [0.5, 0.6) is 11.5 Å². The summed E-state index contributed by atoms with van der Waals surface area (Å²) in [6.45, 7) is 1.80. The molecule has 0 unspecified atom stereocenters. The van der Waals surface area contributed by atoms with E-state index in [1.807, 2.05) is 0 Å². The highest BCUT2D eigenvalue weighted by molar-refractivity contribution is 6.04. The zero-order valence-electron chi connectivity index (χ0n) is 14.6. The van der Waals surface area contributed by atoms with Crippen LogP contribution in [-0.4, -0.2) is 43.1 Å². The van der Waals surface area contributed by atoms with E-state index in [0.29, 0.717) is 22.9 Å². The van der Waals surface area contributed by atoms with Crippen molar-refractivity contribution >= 4 is 17.5 Å². The topological polar surface area (TPSA) is 93.9 Å². The third kappa shape index (κ3) is 4.50. The van der Waals surface area contributed by atoms with Gasteiger partial charge in [0, 0.05) is 19.2 Å². The van der Waals surface area contributed by atoms with Crippen molar-refractivity contribution < 1.29 is 23.6 Å². The predicted octanol–water partition coefficient (Wildman–Crippen LogP) is 2.24. The number of ether oxygens (including phenoxy) is 2. The molecule has 25 heavy (non-hydrogen) atoms. The van der Waals surface area contributed by atoms with Crippen molar-refractivity contribution in [3.8, 4) is 11.5 Å². The van der Waals surface area contributed by atoms with Gasteiger partial charge in [0.15, 0.2) is 0 Å². The molecule has 2 aromatic rings. The van der Waals surface area contributed by atoms with Gasteiger partial charge in [-0.25, -0.2) is 0 Å². The molecule has 1 N–H and O–H groups in total. The zero-order chi connectivity index (χ0) is 18.4. The fraction of sp³-hybridized carbons (Fsp3) is 0.353. The van der Waals surface area contributed by atoms with Crippen LogP contribution in [0.4, 0.5) is 5.69 Å². The molecular formula is C17H21N3O5. The fourth-order valence-corrected chi connectivity index (χ4v) is 2.22. The highest BCUT2D eigenvalue weighted by Crippen LogP contribution is 2.29. The lowest BCUT2D eigenvalue weighted by atomic mass is 10.2. The molecule has 0 saturated heterocycles. The van der Waals surface area contributed by atoms with Gasteiger partial charge in [-0.2, -0.15) is 0 Å². The highest BCUT2D eigenvalue weighted by atomic mass is 16.5. The maximum Gasteiger partial charge on any atom is 0.233 e. The van der Waals surface area contributed by atoms with Crippen molar-refractivity contribution in [3.05, 3.63) is 36.2 Å². The SMILES string of the molecule is COc1ccc(OC)c(NC(=O)CC(=O)N(C)[C@@H](C)c2ccon2)c1. The van der Waals surface area contributed by atoms with Crippen LogP contribution < -0.4 is 14.8 Å². The average Bonchev–Trinajstić information content (AvgIpc) is 3.14. The number of amides is 2. The monoisotopic (exact) mass is 347 g/mol. The fourth-order valence-electron chi connectivity index (χ4n) is 2.22. The van der Waals surface area contributed by atoms with Crippen LogP contribution in [-0.2, 0) is 9.59 Å². The number of methoxy groups -OCH3 is 2. The Balaban J connectivity index is 2.01. The molecule has 1 atom stereocenters. The normalized spacial score (nSPS) is 11.5. The van der Waals surface area contributed by atoms with Crippen LogP contribution in [0.3, 0.4) is 0 Å². The van der Waals surface area contributed by atoms with Gasteiger partial charge in [0.05, 0.1) is 25.9 Å². The van der Waals surface area contributed by atoms with E-state index in [1.165, 1.54) is 25.4 Å². The molecule has 2 amide bonds. The summed E-state index contributed by atoms with van der Waals surface area (Å²) in [5.41, 5.74) is 1.05. The summed E-state index contributed by atoms with van der Waals surface area (Å²) in [6, 6.07) is 6.39. The van der Waals surface area contributed by atoms with E-state index in [2.05, 4.69) is 10.5 Å². The lowest BCUT2D eigenvalue weighted by Gasteiger charge is -2.23. The summed E-state index contributed by atoms with van der Waals surface area (Å²) < 4.78 is 15.1. The predicted molar refractivity (Wildman–Crippen MR) is 90.5 cm³/mol. The summed E-state index contributed by atoms with van der Waals surface area (Å²) in [5, 5.41) is 6.48. The molecule has 0 aliphatic rings. The largest absolute Gasteiger partial charge is 0.497 e. The molecule has 2 rings (SSSR count). The number of hydrogen-bond donors (Lipinski definition) is 1. The van der Waals surface area contributed by atoms with Gasteiger partial charge in [-0.05, 0) is 19.1 Å². The van der Waals surface area contributed by atoms with Gasteiger partial charge in [-0.3, -0.25) is 9.59 Å². The van der Waals surface area contributed by atoms with E-state index >= 15 is 0 Å². The Morgan fingerprint density at radius 3 is 2.64 bits per heavy atom. The van der Waals surface area contributed by atoms with Crippen molar-refractivity contribution in [1.29, 1.82) is 0 Å². The number of benzene rings is 1. The minimum absolute atomic E-state index is 0.301. The average molecular weight is 347 g/mol. The minimum atomic E-state index is -0.448. The van der Waals surface area contributed by atoms with Crippen LogP contribution in [0.2, 0.25) is 0 Å². The van der Waals surface area contributed by atoms with E-state index in [0.717, 1.165) is 0 Å². The quantitative estimate of drug-likeness (QED) is 0.772. The Kier molecular flexibility index (Phi) is 5.99. The van der Waals surface area contributed by atoms with Gasteiger partial charge >= 0.3 is 0 Å². The van der Waals surface area contributed by atoms with Gasteiger partial charge < -0.3 is 24.2 Å². The Labute approximate surface area is 145 Å². The number of aromatic nitrogens is 1. The molecule has 0 aliphatic carbocycles. The van der Waals surface area contributed by atoms with Gasteiger partial charge in [-0.15, -0.1) is 0 Å². The molecular weight excluding hydrogens is 326 g/mol. The van der Waals surface area contributed by atoms with Gasteiger partial charge in [0.2, 0.25) is 11.8 Å². The summed E-state index contributed by atoms with van der Waals surface area (Å²) in [4.78, 5) is 26.0. The number of nitrogens with one attached hydrogen (secondary N) is 1. The number of rotatable bonds is 7. The molecule has 1 aromatic carbocycles. The van der Waals surface area contributed by atoms with Gasteiger partial charge in [0.1, 0.15) is 29.9 Å².